The number of nitrogens with one attached hydrogen (secondary N) is 1. The van der Waals surface area contributed by atoms with Crippen LogP contribution in [0.25, 0.3) is 0 Å². The molecule has 0 spiro atoms. The van der Waals surface area contributed by atoms with Crippen molar-refractivity contribution in [2.75, 3.05) is 25.0 Å². The number of hydrogen-bond donors (Lipinski definition) is 3. The Labute approximate surface area is 123 Å². The monoisotopic (exact) mass is 291 g/mol. The standard InChI is InChI=1S/C15H21N3O3/c1-10(19)11-6-7-18(8-11)9-14(20)17-13-5-3-2-4-12(13)15(16)21/h2-5,10-11,19H,6-9H2,1H3,(H2,16,21)(H,17,20). The van der Waals surface area contributed by atoms with E-state index in [1.54, 1.807) is 31.2 Å². The molecule has 1 saturated heterocycles. The molecular weight excluding hydrogens is 270 g/mol. The van der Waals surface area contributed by atoms with Crippen molar-refractivity contribution in [2.45, 2.75) is 19.4 Å². The lowest BCUT2D eigenvalue weighted by atomic mass is 10.0. The molecule has 1 aliphatic rings. The minimum absolute atomic E-state index is 0.185. The first kappa shape index (κ1) is 15.5. The molecule has 1 fully saturated rings. The van der Waals surface area contributed by atoms with Crippen LogP contribution in [-0.4, -0.2) is 47.6 Å². The summed E-state index contributed by atoms with van der Waals surface area (Å²) < 4.78 is 0. The van der Waals surface area contributed by atoms with E-state index < -0.39 is 5.91 Å². The highest BCUT2D eigenvalue weighted by atomic mass is 16.3. The number of carbonyl (C=O) groups is 2. The van der Waals surface area contributed by atoms with Crippen LogP contribution in [0.15, 0.2) is 24.3 Å². The van der Waals surface area contributed by atoms with Crippen LogP contribution in [-0.2, 0) is 4.79 Å². The van der Waals surface area contributed by atoms with Gasteiger partial charge in [0.2, 0.25) is 5.91 Å². The summed E-state index contributed by atoms with van der Waals surface area (Å²) in [6.07, 6.45) is 0.539. The van der Waals surface area contributed by atoms with E-state index in [0.29, 0.717) is 17.8 Å². The summed E-state index contributed by atoms with van der Waals surface area (Å²) in [5.41, 5.74) is 6.01. The number of aliphatic hydroxyl groups is 1. The lowest BCUT2D eigenvalue weighted by Gasteiger charge is -2.17. The molecule has 2 atom stereocenters. The van der Waals surface area contributed by atoms with Gasteiger partial charge >= 0.3 is 0 Å². The first-order valence-electron chi connectivity index (χ1n) is 7.06. The third kappa shape index (κ3) is 4.03. The van der Waals surface area contributed by atoms with E-state index in [1.807, 2.05) is 4.90 Å². The number of carbonyl (C=O) groups excluding carboxylic acids is 2. The summed E-state index contributed by atoms with van der Waals surface area (Å²) in [6, 6.07) is 6.67. The number of nitrogens with zero attached hydrogens (tertiary/aromatic N) is 1. The summed E-state index contributed by atoms with van der Waals surface area (Å²) in [7, 11) is 0. The van der Waals surface area contributed by atoms with Crippen LogP contribution in [0.2, 0.25) is 0 Å². The van der Waals surface area contributed by atoms with Crippen LogP contribution in [0.3, 0.4) is 0 Å². The van der Waals surface area contributed by atoms with Crippen LogP contribution in [0.4, 0.5) is 5.69 Å². The van der Waals surface area contributed by atoms with Crippen LogP contribution in [0.5, 0.6) is 0 Å². The number of aliphatic hydroxyl groups excluding tert-OH is 1. The Bertz CT molecular complexity index is 531. The molecule has 0 bridgehead atoms. The van der Waals surface area contributed by atoms with E-state index in [2.05, 4.69) is 5.32 Å². The topological polar surface area (TPSA) is 95.7 Å². The van der Waals surface area contributed by atoms with Crippen molar-refractivity contribution in [3.63, 3.8) is 0 Å². The average Bonchev–Trinajstić information content (AvgIpc) is 2.87. The first-order chi connectivity index (χ1) is 9.97. The Morgan fingerprint density at radius 2 is 2.19 bits per heavy atom. The molecule has 2 amide bonds. The van der Waals surface area contributed by atoms with Crippen LogP contribution >= 0.6 is 0 Å². The first-order valence-corrected chi connectivity index (χ1v) is 7.06. The predicted octanol–water partition coefficient (Wildman–Crippen LogP) is 0.427. The fourth-order valence-electron chi connectivity index (χ4n) is 2.60. The normalized spacial score (nSPS) is 20.2. The Hall–Kier alpha value is -1.92. The molecule has 1 aromatic carbocycles. The van der Waals surface area contributed by atoms with Crippen LogP contribution < -0.4 is 11.1 Å². The zero-order valence-corrected chi connectivity index (χ0v) is 12.1. The molecule has 1 heterocycles. The number of hydrogen-bond acceptors (Lipinski definition) is 4. The molecule has 114 valence electrons. The number of anilines is 1. The van der Waals surface area contributed by atoms with Crippen molar-refractivity contribution in [1.29, 1.82) is 0 Å². The summed E-state index contributed by atoms with van der Waals surface area (Å²) in [4.78, 5) is 25.4. The van der Waals surface area contributed by atoms with E-state index in [-0.39, 0.29) is 24.5 Å². The molecule has 2 rings (SSSR count). The molecule has 1 aliphatic heterocycles. The van der Waals surface area contributed by atoms with Gasteiger partial charge in [0.25, 0.3) is 5.91 Å². The molecule has 0 saturated carbocycles. The molecular formula is C15H21N3O3. The van der Waals surface area contributed by atoms with Crippen molar-refractivity contribution in [1.82, 2.24) is 4.90 Å². The number of amides is 2. The molecule has 0 aliphatic carbocycles. The molecule has 1 aromatic rings. The highest BCUT2D eigenvalue weighted by Crippen LogP contribution is 2.20. The van der Waals surface area contributed by atoms with E-state index >= 15 is 0 Å². The number of nitrogens with two attached hydrogens (primary N) is 1. The number of likely N-dealkylation sites (tertiary alicyclic amines) is 1. The quantitative estimate of drug-likeness (QED) is 0.733. The van der Waals surface area contributed by atoms with Gasteiger partial charge in [-0.2, -0.15) is 0 Å². The van der Waals surface area contributed by atoms with Crippen molar-refractivity contribution in [3.05, 3.63) is 29.8 Å². The van der Waals surface area contributed by atoms with Gasteiger partial charge in [-0.3, -0.25) is 14.5 Å². The largest absolute Gasteiger partial charge is 0.393 e. The Balaban J connectivity index is 1.93. The third-order valence-corrected chi connectivity index (χ3v) is 3.82. The lowest BCUT2D eigenvalue weighted by Crippen LogP contribution is -2.33. The van der Waals surface area contributed by atoms with Gasteiger partial charge in [0.15, 0.2) is 0 Å². The smallest absolute Gasteiger partial charge is 0.250 e. The average molecular weight is 291 g/mol. The maximum Gasteiger partial charge on any atom is 0.250 e. The second kappa shape index (κ2) is 6.69. The number of para-hydroxylation sites is 1. The predicted molar refractivity (Wildman–Crippen MR) is 79.8 cm³/mol. The summed E-state index contributed by atoms with van der Waals surface area (Å²) >= 11 is 0. The van der Waals surface area contributed by atoms with Gasteiger partial charge in [-0.1, -0.05) is 12.1 Å². The molecule has 21 heavy (non-hydrogen) atoms. The Morgan fingerprint density at radius 1 is 1.48 bits per heavy atom. The lowest BCUT2D eigenvalue weighted by molar-refractivity contribution is -0.117. The maximum atomic E-state index is 12.1. The summed E-state index contributed by atoms with van der Waals surface area (Å²) in [6.45, 7) is 3.52. The summed E-state index contributed by atoms with van der Waals surface area (Å²) in [5.74, 6) is -0.535. The van der Waals surface area contributed by atoms with E-state index in [9.17, 15) is 14.7 Å². The van der Waals surface area contributed by atoms with Gasteiger partial charge in [-0.25, -0.2) is 0 Å². The number of primary amides is 1. The van der Waals surface area contributed by atoms with Crippen molar-refractivity contribution in [3.8, 4) is 0 Å². The zero-order chi connectivity index (χ0) is 15.4. The van der Waals surface area contributed by atoms with Gasteiger partial charge in [-0.15, -0.1) is 0 Å². The van der Waals surface area contributed by atoms with E-state index in [1.165, 1.54) is 0 Å². The van der Waals surface area contributed by atoms with Gasteiger partial charge in [0.05, 0.1) is 23.9 Å². The fraction of sp³-hybridized carbons (Fsp3) is 0.467. The van der Waals surface area contributed by atoms with Crippen molar-refractivity contribution >= 4 is 17.5 Å². The van der Waals surface area contributed by atoms with Crippen LogP contribution in [0.1, 0.15) is 23.7 Å². The van der Waals surface area contributed by atoms with Gasteiger partial charge in [0, 0.05) is 6.54 Å². The van der Waals surface area contributed by atoms with Gasteiger partial charge < -0.3 is 16.2 Å². The third-order valence-electron chi connectivity index (χ3n) is 3.82. The van der Waals surface area contributed by atoms with Crippen LogP contribution in [0, 0.1) is 5.92 Å². The SMILES string of the molecule is CC(O)C1CCN(CC(=O)Nc2ccccc2C(N)=O)C1. The minimum atomic E-state index is -0.568. The number of benzene rings is 1. The molecule has 2 unspecified atom stereocenters. The zero-order valence-electron chi connectivity index (χ0n) is 12.1. The second-order valence-electron chi connectivity index (χ2n) is 5.48. The molecule has 0 radical (unpaired) electrons. The van der Waals surface area contributed by atoms with Crippen molar-refractivity contribution < 1.29 is 14.7 Å². The van der Waals surface area contributed by atoms with Gasteiger partial charge in [0.1, 0.15) is 0 Å². The fourth-order valence-corrected chi connectivity index (χ4v) is 2.60. The molecule has 0 aromatic heterocycles. The highest BCUT2D eigenvalue weighted by Gasteiger charge is 2.27. The highest BCUT2D eigenvalue weighted by molar-refractivity contribution is 6.03. The van der Waals surface area contributed by atoms with E-state index in [0.717, 1.165) is 13.0 Å². The minimum Gasteiger partial charge on any atom is -0.393 e. The summed E-state index contributed by atoms with van der Waals surface area (Å²) in [5, 5.41) is 12.3. The molecule has 6 heteroatoms. The van der Waals surface area contributed by atoms with Crippen molar-refractivity contribution in [2.24, 2.45) is 11.7 Å². The molecule has 4 N–H and O–H groups in total. The van der Waals surface area contributed by atoms with Gasteiger partial charge in [-0.05, 0) is 37.9 Å². The second-order valence-corrected chi connectivity index (χ2v) is 5.48. The Kier molecular flexibility index (Phi) is 4.93. The number of rotatable bonds is 5. The van der Waals surface area contributed by atoms with E-state index in [4.69, 9.17) is 5.73 Å². The maximum absolute atomic E-state index is 12.1. The Morgan fingerprint density at radius 3 is 2.81 bits per heavy atom. The molecule has 6 nitrogen and oxygen atoms in total.